The minimum Gasteiger partial charge on any atom is -0.504 e. The fourth-order valence-corrected chi connectivity index (χ4v) is 3.23. The van der Waals surface area contributed by atoms with Crippen LogP contribution in [0.15, 0.2) is 47.6 Å². The van der Waals surface area contributed by atoms with Crippen molar-refractivity contribution in [2.45, 2.75) is 6.92 Å². The average Bonchev–Trinajstić information content (AvgIpc) is 3.03. The van der Waals surface area contributed by atoms with Crippen molar-refractivity contribution < 1.29 is 15.0 Å². The molecule has 160 valence electrons. The van der Waals surface area contributed by atoms with E-state index < -0.39 is 5.97 Å². The number of benzene rings is 2. The lowest BCUT2D eigenvalue weighted by Crippen LogP contribution is -2.25. The first-order valence-corrected chi connectivity index (χ1v) is 10.00. The molecule has 1 aromatic heterocycles. The van der Waals surface area contributed by atoms with E-state index in [0.29, 0.717) is 32.7 Å². The maximum absolute atomic E-state index is 10.9. The number of aromatic nitrogens is 2. The number of hydrogen-bond donors (Lipinski definition) is 4. The van der Waals surface area contributed by atoms with Gasteiger partial charge in [-0.3, -0.25) is 10.1 Å². The summed E-state index contributed by atoms with van der Waals surface area (Å²) >= 11 is 17.2. The highest BCUT2D eigenvalue weighted by atomic mass is 35.5. The number of rotatable bonds is 5. The largest absolute Gasteiger partial charge is 0.504 e. The number of anilines is 1. The van der Waals surface area contributed by atoms with E-state index in [0.717, 1.165) is 0 Å². The quantitative estimate of drug-likeness (QED) is 0.243. The lowest BCUT2D eigenvalue weighted by molar-refractivity contribution is 0.0697. The molecule has 0 saturated carbocycles. The molecule has 0 bridgehead atoms. The number of halogens is 2. The first-order chi connectivity index (χ1) is 14.7. The molecule has 0 amide bonds. The molecule has 0 aliphatic heterocycles. The summed E-state index contributed by atoms with van der Waals surface area (Å²) < 4.78 is 1.52. The van der Waals surface area contributed by atoms with Crippen LogP contribution in [0.3, 0.4) is 0 Å². The van der Waals surface area contributed by atoms with Crippen molar-refractivity contribution >= 4 is 57.9 Å². The van der Waals surface area contributed by atoms with Crippen LogP contribution in [0.5, 0.6) is 5.75 Å². The van der Waals surface area contributed by atoms with Crippen molar-refractivity contribution in [1.29, 1.82) is 0 Å². The number of aryl methyl sites for hydroxylation is 1. The zero-order chi connectivity index (χ0) is 22.7. The number of thiocarbonyl (C=S) groups is 1. The number of carboxylic acids is 1. The standard InChI is InChI=1S/C20H17Cl2N5O3S/c1-10(24-25-20(31)23-13-6-3-11(4-7-13)19(29)30)16-18(28)17(27(2)26-16)12-5-8-14(21)15(22)9-12/h3-9,28H,1-2H3,(H,29,30)(H2,23,25,31)/b24-10-. The predicted molar refractivity (Wildman–Crippen MR) is 125 cm³/mol. The summed E-state index contributed by atoms with van der Waals surface area (Å²) in [5.74, 6) is -1.07. The molecule has 1 heterocycles. The normalized spacial score (nSPS) is 11.3. The summed E-state index contributed by atoms with van der Waals surface area (Å²) in [5, 5.41) is 32.0. The summed E-state index contributed by atoms with van der Waals surface area (Å²) in [6.45, 7) is 1.66. The average molecular weight is 478 g/mol. The zero-order valence-corrected chi connectivity index (χ0v) is 18.7. The third-order valence-electron chi connectivity index (χ3n) is 4.27. The molecule has 4 N–H and O–H groups in total. The highest BCUT2D eigenvalue weighted by Crippen LogP contribution is 2.35. The van der Waals surface area contributed by atoms with E-state index in [2.05, 4.69) is 20.9 Å². The van der Waals surface area contributed by atoms with Crippen LogP contribution in [0.2, 0.25) is 10.0 Å². The fourth-order valence-electron chi connectivity index (χ4n) is 2.77. The Bertz CT molecular complexity index is 1190. The second kappa shape index (κ2) is 9.34. The van der Waals surface area contributed by atoms with Gasteiger partial charge in [-0.2, -0.15) is 10.2 Å². The first-order valence-electron chi connectivity index (χ1n) is 8.83. The van der Waals surface area contributed by atoms with E-state index >= 15 is 0 Å². The lowest BCUT2D eigenvalue weighted by atomic mass is 10.1. The Morgan fingerprint density at radius 1 is 1.16 bits per heavy atom. The van der Waals surface area contributed by atoms with Crippen molar-refractivity contribution in [3.05, 3.63) is 63.8 Å². The number of aromatic hydroxyl groups is 1. The van der Waals surface area contributed by atoms with Crippen LogP contribution < -0.4 is 10.7 Å². The fraction of sp³-hybridized carbons (Fsp3) is 0.100. The van der Waals surface area contributed by atoms with Crippen LogP contribution in [-0.4, -0.2) is 36.8 Å². The molecule has 3 aromatic rings. The minimum absolute atomic E-state index is 0.0629. The smallest absolute Gasteiger partial charge is 0.335 e. The molecule has 0 saturated heterocycles. The van der Waals surface area contributed by atoms with Gasteiger partial charge >= 0.3 is 5.97 Å². The molecule has 2 aromatic carbocycles. The second-order valence-corrected chi connectivity index (χ2v) is 7.67. The number of nitrogens with one attached hydrogen (secondary N) is 2. The van der Waals surface area contributed by atoms with E-state index in [1.807, 2.05) is 0 Å². The lowest BCUT2D eigenvalue weighted by Gasteiger charge is -2.08. The van der Waals surface area contributed by atoms with E-state index in [1.54, 1.807) is 44.3 Å². The molecule has 0 aliphatic rings. The number of carbonyl (C=O) groups is 1. The van der Waals surface area contributed by atoms with Gasteiger partial charge in [-0.25, -0.2) is 4.79 Å². The number of hydrogen-bond acceptors (Lipinski definition) is 5. The third-order valence-corrected chi connectivity index (χ3v) is 5.21. The van der Waals surface area contributed by atoms with Gasteiger partial charge in [-0.15, -0.1) is 0 Å². The maximum atomic E-state index is 10.9. The Labute approximate surface area is 193 Å². The Kier molecular flexibility index (Phi) is 6.79. The number of nitrogens with zero attached hydrogens (tertiary/aromatic N) is 3. The molecule has 0 spiro atoms. The molecule has 8 nitrogen and oxygen atoms in total. The number of hydrazone groups is 1. The van der Waals surface area contributed by atoms with Gasteiger partial charge in [0.25, 0.3) is 0 Å². The predicted octanol–water partition coefficient (Wildman–Crippen LogP) is 4.51. The van der Waals surface area contributed by atoms with E-state index in [4.69, 9.17) is 40.5 Å². The minimum atomic E-state index is -1.01. The molecule has 11 heteroatoms. The summed E-state index contributed by atoms with van der Waals surface area (Å²) in [7, 11) is 1.69. The molecular weight excluding hydrogens is 461 g/mol. The first kappa shape index (κ1) is 22.5. The highest BCUT2D eigenvalue weighted by molar-refractivity contribution is 7.80. The van der Waals surface area contributed by atoms with Gasteiger partial charge in [0.1, 0.15) is 5.69 Å². The van der Waals surface area contributed by atoms with Crippen LogP contribution in [0.1, 0.15) is 23.0 Å². The van der Waals surface area contributed by atoms with Crippen molar-refractivity contribution in [2.24, 2.45) is 12.1 Å². The summed E-state index contributed by atoms with van der Waals surface area (Å²) in [6.07, 6.45) is 0. The Morgan fingerprint density at radius 2 is 1.84 bits per heavy atom. The number of carboxylic acid groups (broad SMARTS) is 1. The summed E-state index contributed by atoms with van der Waals surface area (Å²) in [5.41, 5.74) is 5.21. The topological polar surface area (TPSA) is 112 Å². The monoisotopic (exact) mass is 477 g/mol. The van der Waals surface area contributed by atoms with Gasteiger partial charge in [0, 0.05) is 18.3 Å². The van der Waals surface area contributed by atoms with Gasteiger partial charge in [0.2, 0.25) is 0 Å². The SMILES string of the molecule is C/C(=N/NC(=S)Nc1ccc(C(=O)O)cc1)c1nn(C)c(-c2ccc(Cl)c(Cl)c2)c1O. The molecular formula is C20H17Cl2N5O3S. The van der Waals surface area contributed by atoms with Crippen molar-refractivity contribution in [1.82, 2.24) is 15.2 Å². The Hall–Kier alpha value is -3.14. The van der Waals surface area contributed by atoms with Crippen LogP contribution in [0, 0.1) is 0 Å². The zero-order valence-electron chi connectivity index (χ0n) is 16.3. The van der Waals surface area contributed by atoms with Crippen LogP contribution in [0.4, 0.5) is 5.69 Å². The Balaban J connectivity index is 1.75. The number of aromatic carboxylic acids is 1. The molecule has 0 fully saturated rings. The molecule has 0 aliphatic carbocycles. The molecule has 0 unspecified atom stereocenters. The summed E-state index contributed by atoms with van der Waals surface area (Å²) in [4.78, 5) is 10.9. The third kappa shape index (κ3) is 5.13. The maximum Gasteiger partial charge on any atom is 0.335 e. The highest BCUT2D eigenvalue weighted by Gasteiger charge is 2.19. The van der Waals surface area contributed by atoms with E-state index in [9.17, 15) is 9.90 Å². The van der Waals surface area contributed by atoms with Gasteiger partial charge < -0.3 is 15.5 Å². The van der Waals surface area contributed by atoms with Crippen LogP contribution >= 0.6 is 35.4 Å². The van der Waals surface area contributed by atoms with Crippen molar-refractivity contribution in [3.8, 4) is 17.0 Å². The van der Waals surface area contributed by atoms with Gasteiger partial charge in [-0.05, 0) is 55.5 Å². The van der Waals surface area contributed by atoms with Gasteiger partial charge in [0.15, 0.2) is 16.6 Å². The van der Waals surface area contributed by atoms with E-state index in [1.165, 1.54) is 16.8 Å². The Morgan fingerprint density at radius 3 is 2.45 bits per heavy atom. The van der Waals surface area contributed by atoms with E-state index in [-0.39, 0.29) is 22.1 Å². The molecule has 3 rings (SSSR count). The second-order valence-electron chi connectivity index (χ2n) is 6.44. The van der Waals surface area contributed by atoms with Crippen molar-refractivity contribution in [2.75, 3.05) is 5.32 Å². The molecule has 0 radical (unpaired) electrons. The van der Waals surface area contributed by atoms with Crippen molar-refractivity contribution in [3.63, 3.8) is 0 Å². The van der Waals surface area contributed by atoms with Crippen LogP contribution in [0.25, 0.3) is 11.3 Å². The molecule has 31 heavy (non-hydrogen) atoms. The molecule has 0 atom stereocenters. The van der Waals surface area contributed by atoms with Gasteiger partial charge in [0.05, 0.1) is 21.3 Å². The van der Waals surface area contributed by atoms with Gasteiger partial charge in [-0.1, -0.05) is 29.3 Å². The summed E-state index contributed by atoms with van der Waals surface area (Å²) in [6, 6.07) is 11.1. The van der Waals surface area contributed by atoms with Crippen LogP contribution in [-0.2, 0) is 7.05 Å².